The molecule has 0 aliphatic carbocycles. The summed E-state index contributed by atoms with van der Waals surface area (Å²) in [6.07, 6.45) is -0.242. The van der Waals surface area contributed by atoms with E-state index in [1.807, 2.05) is 0 Å². The second-order valence-corrected chi connectivity index (χ2v) is 8.95. The Morgan fingerprint density at radius 2 is 1.85 bits per heavy atom. The van der Waals surface area contributed by atoms with Crippen LogP contribution in [0.25, 0.3) is 0 Å². The van der Waals surface area contributed by atoms with E-state index < -0.39 is 23.2 Å². The first kappa shape index (κ1) is 25.6. The standard InChI is InChI=1S/C21H29N5O7S/c22-20(28)32-11-10-23-6-1-7-24(9-8-23)19(27)18-12-17(34)13-25(18)21(29)33-14-15-2-4-16(5-3-15)26(30)31/h2-5,17-18,34H,1,6-14H2,(H2,22,28)/t17-,18-/m0/s1. The third-order valence-corrected chi connectivity index (χ3v) is 6.23. The van der Waals surface area contributed by atoms with Crippen LogP contribution in [0.5, 0.6) is 0 Å². The Morgan fingerprint density at radius 1 is 1.12 bits per heavy atom. The number of amides is 3. The summed E-state index contributed by atoms with van der Waals surface area (Å²) >= 11 is 4.48. The lowest BCUT2D eigenvalue weighted by molar-refractivity contribution is -0.384. The third-order valence-electron chi connectivity index (χ3n) is 5.86. The Labute approximate surface area is 202 Å². The predicted octanol–water partition coefficient (Wildman–Crippen LogP) is 1.23. The molecular formula is C21H29N5O7S. The molecule has 1 aromatic rings. The smallest absolute Gasteiger partial charge is 0.410 e. The SMILES string of the molecule is NC(=O)OCCN1CCCN(C(=O)[C@@H]2C[C@H](S)CN2C(=O)OCc2ccc([N+](=O)[O-])cc2)CC1. The summed E-state index contributed by atoms with van der Waals surface area (Å²) in [5, 5.41) is 10.6. The van der Waals surface area contributed by atoms with Crippen LogP contribution in [-0.2, 0) is 20.9 Å². The molecule has 34 heavy (non-hydrogen) atoms. The maximum atomic E-state index is 13.3. The van der Waals surface area contributed by atoms with Crippen molar-refractivity contribution >= 4 is 36.4 Å². The van der Waals surface area contributed by atoms with Gasteiger partial charge in [0, 0.05) is 56.7 Å². The van der Waals surface area contributed by atoms with Gasteiger partial charge < -0.3 is 20.1 Å². The molecule has 0 bridgehead atoms. The number of benzene rings is 1. The van der Waals surface area contributed by atoms with Crippen LogP contribution in [0.15, 0.2) is 24.3 Å². The molecule has 2 atom stereocenters. The summed E-state index contributed by atoms with van der Waals surface area (Å²) in [5.41, 5.74) is 5.55. The number of primary amides is 1. The molecule has 0 spiro atoms. The fourth-order valence-corrected chi connectivity index (χ4v) is 4.47. The van der Waals surface area contributed by atoms with E-state index in [-0.39, 0.29) is 30.1 Å². The van der Waals surface area contributed by atoms with Gasteiger partial charge in [0.2, 0.25) is 5.91 Å². The molecule has 3 rings (SSSR count). The van der Waals surface area contributed by atoms with Crippen LogP contribution in [0.3, 0.4) is 0 Å². The molecular weight excluding hydrogens is 466 g/mol. The maximum Gasteiger partial charge on any atom is 0.410 e. The third kappa shape index (κ3) is 6.97. The summed E-state index contributed by atoms with van der Waals surface area (Å²) < 4.78 is 10.2. The van der Waals surface area contributed by atoms with Crippen LogP contribution < -0.4 is 5.73 Å². The Hall–Kier alpha value is -3.06. The summed E-state index contributed by atoms with van der Waals surface area (Å²) in [6.45, 7) is 3.40. The normalized spacial score (nSPS) is 21.1. The van der Waals surface area contributed by atoms with Crippen molar-refractivity contribution in [1.82, 2.24) is 14.7 Å². The van der Waals surface area contributed by atoms with Gasteiger partial charge in [0.1, 0.15) is 19.3 Å². The lowest BCUT2D eigenvalue weighted by Gasteiger charge is -2.29. The molecule has 2 aliphatic heterocycles. The van der Waals surface area contributed by atoms with Crippen LogP contribution in [0.4, 0.5) is 15.3 Å². The average Bonchev–Trinajstić information content (AvgIpc) is 3.04. The number of ether oxygens (including phenoxy) is 2. The number of hydrogen-bond acceptors (Lipinski definition) is 9. The van der Waals surface area contributed by atoms with Crippen molar-refractivity contribution in [2.24, 2.45) is 5.73 Å². The molecule has 0 aromatic heterocycles. The zero-order valence-corrected chi connectivity index (χ0v) is 19.6. The minimum atomic E-state index is -0.810. The van der Waals surface area contributed by atoms with E-state index in [4.69, 9.17) is 15.2 Å². The van der Waals surface area contributed by atoms with Crippen LogP contribution >= 0.6 is 12.6 Å². The van der Waals surface area contributed by atoms with Crippen molar-refractivity contribution < 1.29 is 28.8 Å². The monoisotopic (exact) mass is 495 g/mol. The number of nitrogens with two attached hydrogens (primary N) is 1. The van der Waals surface area contributed by atoms with Gasteiger partial charge in [0.25, 0.3) is 5.69 Å². The molecule has 2 N–H and O–H groups in total. The molecule has 0 saturated carbocycles. The van der Waals surface area contributed by atoms with Gasteiger partial charge in [-0.3, -0.25) is 24.7 Å². The van der Waals surface area contributed by atoms with E-state index in [2.05, 4.69) is 17.5 Å². The van der Waals surface area contributed by atoms with Gasteiger partial charge in [0.15, 0.2) is 0 Å². The zero-order valence-electron chi connectivity index (χ0n) is 18.7. The van der Waals surface area contributed by atoms with Crippen LogP contribution in [-0.4, -0.2) is 94.9 Å². The fraction of sp³-hybridized carbons (Fsp3) is 0.571. The number of likely N-dealkylation sites (tertiary alicyclic amines) is 1. The lowest BCUT2D eigenvalue weighted by atomic mass is 10.2. The van der Waals surface area contributed by atoms with Crippen LogP contribution in [0.2, 0.25) is 0 Å². The number of thiol groups is 1. The zero-order chi connectivity index (χ0) is 24.7. The molecule has 0 radical (unpaired) electrons. The highest BCUT2D eigenvalue weighted by atomic mass is 32.1. The number of carbonyl (C=O) groups excluding carboxylic acids is 3. The van der Waals surface area contributed by atoms with Gasteiger partial charge in [-0.2, -0.15) is 12.6 Å². The van der Waals surface area contributed by atoms with E-state index in [1.54, 1.807) is 4.90 Å². The number of rotatable bonds is 7. The molecule has 2 fully saturated rings. The van der Waals surface area contributed by atoms with Crippen molar-refractivity contribution in [2.45, 2.75) is 30.7 Å². The predicted molar refractivity (Wildman–Crippen MR) is 124 cm³/mol. The Morgan fingerprint density at radius 3 is 2.53 bits per heavy atom. The summed E-state index contributed by atoms with van der Waals surface area (Å²) in [6, 6.07) is 5.08. The van der Waals surface area contributed by atoms with Gasteiger partial charge in [-0.1, -0.05) is 0 Å². The molecule has 1 aromatic carbocycles. The molecule has 2 aliphatic rings. The molecule has 3 amide bonds. The van der Waals surface area contributed by atoms with Gasteiger partial charge in [-0.15, -0.1) is 0 Å². The summed E-state index contributed by atoms with van der Waals surface area (Å²) in [5.74, 6) is -0.140. The molecule has 2 saturated heterocycles. The molecule has 2 heterocycles. The van der Waals surface area contributed by atoms with Gasteiger partial charge >= 0.3 is 12.2 Å². The van der Waals surface area contributed by atoms with Gasteiger partial charge in [-0.05, 0) is 30.5 Å². The molecule has 13 heteroatoms. The average molecular weight is 496 g/mol. The maximum absolute atomic E-state index is 13.3. The van der Waals surface area contributed by atoms with Crippen molar-refractivity contribution in [3.8, 4) is 0 Å². The quantitative estimate of drug-likeness (QED) is 0.326. The lowest BCUT2D eigenvalue weighted by Crippen LogP contribution is -2.49. The topological polar surface area (TPSA) is 149 Å². The Balaban J connectivity index is 1.54. The molecule has 0 unspecified atom stereocenters. The van der Waals surface area contributed by atoms with Crippen molar-refractivity contribution in [3.05, 3.63) is 39.9 Å². The van der Waals surface area contributed by atoms with Gasteiger partial charge in [-0.25, -0.2) is 9.59 Å². The number of hydrogen-bond donors (Lipinski definition) is 2. The Kier molecular flexibility index (Phi) is 8.93. The van der Waals surface area contributed by atoms with Crippen molar-refractivity contribution in [1.29, 1.82) is 0 Å². The van der Waals surface area contributed by atoms with E-state index >= 15 is 0 Å². The van der Waals surface area contributed by atoms with Crippen molar-refractivity contribution in [3.63, 3.8) is 0 Å². The first-order chi connectivity index (χ1) is 16.2. The minimum absolute atomic E-state index is 0.0467. The summed E-state index contributed by atoms with van der Waals surface area (Å²) in [4.78, 5) is 52.3. The second-order valence-electron chi connectivity index (χ2n) is 8.22. The highest BCUT2D eigenvalue weighted by molar-refractivity contribution is 7.81. The van der Waals surface area contributed by atoms with E-state index in [9.17, 15) is 24.5 Å². The van der Waals surface area contributed by atoms with E-state index in [0.29, 0.717) is 44.7 Å². The molecule has 186 valence electrons. The number of nitro groups is 1. The second kappa shape index (κ2) is 11.9. The van der Waals surface area contributed by atoms with Crippen molar-refractivity contribution in [2.75, 3.05) is 45.9 Å². The first-order valence-electron chi connectivity index (χ1n) is 11.0. The molecule has 12 nitrogen and oxygen atoms in total. The summed E-state index contributed by atoms with van der Waals surface area (Å²) in [7, 11) is 0. The highest BCUT2D eigenvalue weighted by Gasteiger charge is 2.41. The first-order valence-corrected chi connectivity index (χ1v) is 11.5. The van der Waals surface area contributed by atoms with Gasteiger partial charge in [0.05, 0.1) is 4.92 Å². The number of nitrogens with zero attached hydrogens (tertiary/aromatic N) is 4. The van der Waals surface area contributed by atoms with Crippen LogP contribution in [0.1, 0.15) is 18.4 Å². The fourth-order valence-electron chi connectivity index (χ4n) is 4.09. The number of nitro benzene ring substituents is 1. The largest absolute Gasteiger partial charge is 0.448 e. The van der Waals surface area contributed by atoms with E-state index in [0.717, 1.165) is 13.0 Å². The number of non-ortho nitro benzene ring substituents is 1. The van der Waals surface area contributed by atoms with Crippen LogP contribution in [0, 0.1) is 10.1 Å². The van der Waals surface area contributed by atoms with E-state index in [1.165, 1.54) is 29.2 Å². The minimum Gasteiger partial charge on any atom is -0.448 e. The Bertz CT molecular complexity index is 900. The number of carbonyl (C=O) groups is 3. The highest BCUT2D eigenvalue weighted by Crippen LogP contribution is 2.25.